The maximum absolute atomic E-state index is 12.4. The fourth-order valence-electron chi connectivity index (χ4n) is 3.70. The third kappa shape index (κ3) is 9.73. The number of anilines is 2. The summed E-state index contributed by atoms with van der Waals surface area (Å²) in [4.78, 5) is 24.2. The number of esters is 1. The van der Waals surface area contributed by atoms with Crippen LogP contribution in [-0.2, 0) is 11.2 Å². The molecule has 0 aliphatic heterocycles. The van der Waals surface area contributed by atoms with Crippen molar-refractivity contribution in [3.8, 4) is 11.5 Å². The molecule has 5 N–H and O–H groups in total. The molecular weight excluding hydrogens is 513 g/mol. The van der Waals surface area contributed by atoms with E-state index in [1.807, 2.05) is 6.07 Å². The van der Waals surface area contributed by atoms with Crippen LogP contribution in [0.15, 0.2) is 72.3 Å². The number of aliphatic carboxylic acids is 1. The number of hydrogen-bond donors (Lipinski definition) is 3. The second-order valence-corrected chi connectivity index (χ2v) is 8.84. The molecule has 0 unspecified atom stereocenters. The van der Waals surface area contributed by atoms with Gasteiger partial charge in [-0.2, -0.15) is 13.2 Å². The summed E-state index contributed by atoms with van der Waals surface area (Å²) >= 11 is 0. The summed E-state index contributed by atoms with van der Waals surface area (Å²) in [6.45, 7) is -0.0924. The molecule has 0 saturated heterocycles. The number of benzene rings is 3. The highest BCUT2D eigenvalue weighted by Gasteiger charge is 2.26. The van der Waals surface area contributed by atoms with Gasteiger partial charge in [0.1, 0.15) is 11.5 Å². The van der Waals surface area contributed by atoms with Crippen molar-refractivity contribution >= 4 is 29.4 Å². The van der Waals surface area contributed by atoms with Crippen LogP contribution in [0.1, 0.15) is 47.2 Å². The zero-order valence-corrected chi connectivity index (χ0v) is 21.0. The van der Waals surface area contributed by atoms with Gasteiger partial charge in [0.2, 0.25) is 0 Å². The van der Waals surface area contributed by atoms with Crippen LogP contribution in [0.4, 0.5) is 24.5 Å². The molecule has 0 atom stereocenters. The van der Waals surface area contributed by atoms with Crippen LogP contribution in [0, 0.1) is 0 Å². The smallest absolute Gasteiger partial charge is 0.389 e. The number of aryl methyl sites for hydroxylation is 1. The van der Waals surface area contributed by atoms with E-state index in [2.05, 4.69) is 0 Å². The fourth-order valence-corrected chi connectivity index (χ4v) is 3.70. The zero-order chi connectivity index (χ0) is 28.4. The van der Waals surface area contributed by atoms with Crippen molar-refractivity contribution < 1.29 is 37.3 Å². The van der Waals surface area contributed by atoms with Gasteiger partial charge in [-0.15, -0.1) is 0 Å². The van der Waals surface area contributed by atoms with Gasteiger partial charge in [-0.05, 0) is 91.4 Å². The third-order valence-electron chi connectivity index (χ3n) is 5.73. The molecular formula is C29H29F3N2O5. The van der Waals surface area contributed by atoms with Gasteiger partial charge in [-0.25, -0.2) is 9.59 Å². The molecule has 0 aliphatic carbocycles. The Morgan fingerprint density at radius 2 is 1.56 bits per heavy atom. The summed E-state index contributed by atoms with van der Waals surface area (Å²) in [7, 11) is 0. The predicted octanol–water partition coefficient (Wildman–Crippen LogP) is 6.28. The van der Waals surface area contributed by atoms with Gasteiger partial charge in [-0.1, -0.05) is 18.2 Å². The van der Waals surface area contributed by atoms with Crippen molar-refractivity contribution in [3.05, 3.63) is 89.0 Å². The van der Waals surface area contributed by atoms with Gasteiger partial charge < -0.3 is 26.0 Å². The highest BCUT2D eigenvalue weighted by Crippen LogP contribution is 2.23. The minimum absolute atomic E-state index is 0.0924. The van der Waals surface area contributed by atoms with Crippen LogP contribution in [0.3, 0.4) is 0 Å². The van der Waals surface area contributed by atoms with E-state index in [0.29, 0.717) is 42.0 Å². The molecule has 0 radical (unpaired) electrons. The lowest BCUT2D eigenvalue weighted by atomic mass is 10.0. The number of alkyl halides is 3. The molecule has 0 aromatic heterocycles. The van der Waals surface area contributed by atoms with Crippen LogP contribution in [-0.4, -0.2) is 29.8 Å². The summed E-state index contributed by atoms with van der Waals surface area (Å²) in [6, 6.07) is 17.5. The van der Waals surface area contributed by atoms with Crippen molar-refractivity contribution in [1.29, 1.82) is 0 Å². The zero-order valence-electron chi connectivity index (χ0n) is 21.0. The molecule has 39 heavy (non-hydrogen) atoms. The highest BCUT2D eigenvalue weighted by molar-refractivity contribution is 5.92. The minimum Gasteiger partial charge on any atom is -0.494 e. The van der Waals surface area contributed by atoms with E-state index in [-0.39, 0.29) is 29.9 Å². The number of ether oxygens (including phenoxy) is 2. The monoisotopic (exact) mass is 542 g/mol. The Kier molecular flexibility index (Phi) is 9.97. The van der Waals surface area contributed by atoms with E-state index in [9.17, 15) is 27.9 Å². The lowest BCUT2D eigenvalue weighted by molar-refractivity contribution is -0.136. The van der Waals surface area contributed by atoms with Gasteiger partial charge in [0.15, 0.2) is 0 Å². The molecule has 206 valence electrons. The number of carboxylic acids is 1. The number of hydrogen-bond acceptors (Lipinski definition) is 6. The maximum atomic E-state index is 12.4. The van der Waals surface area contributed by atoms with Gasteiger partial charge in [0.05, 0.1) is 12.2 Å². The number of nitrogen functional groups attached to an aromatic ring is 2. The highest BCUT2D eigenvalue weighted by atomic mass is 19.4. The summed E-state index contributed by atoms with van der Waals surface area (Å²) in [5.41, 5.74) is 14.8. The molecule has 7 nitrogen and oxygen atoms in total. The lowest BCUT2D eigenvalue weighted by Gasteiger charge is -2.09. The average Bonchev–Trinajstić information content (AvgIpc) is 2.88. The van der Waals surface area contributed by atoms with Crippen molar-refractivity contribution in [3.63, 3.8) is 0 Å². The number of nitrogens with two attached hydrogens (primary N) is 2. The number of carbonyl (C=O) groups is 2. The second kappa shape index (κ2) is 13.4. The molecule has 0 heterocycles. The minimum atomic E-state index is -4.22. The molecule has 0 spiro atoms. The number of carboxylic acid groups (broad SMARTS) is 1. The first kappa shape index (κ1) is 29.1. The van der Waals surface area contributed by atoms with E-state index in [1.54, 1.807) is 42.5 Å². The quantitative estimate of drug-likeness (QED) is 0.0808. The van der Waals surface area contributed by atoms with Crippen molar-refractivity contribution in [2.75, 3.05) is 18.1 Å². The Morgan fingerprint density at radius 3 is 2.18 bits per heavy atom. The average molecular weight is 543 g/mol. The normalized spacial score (nSPS) is 11.7. The maximum Gasteiger partial charge on any atom is 0.389 e. The number of carbonyl (C=O) groups excluding carboxylic acids is 1. The molecule has 0 fully saturated rings. The molecule has 0 aliphatic rings. The molecule has 3 aromatic rings. The van der Waals surface area contributed by atoms with Crippen LogP contribution in [0.2, 0.25) is 0 Å². The summed E-state index contributed by atoms with van der Waals surface area (Å²) in [6.07, 6.45) is -2.23. The molecule has 0 saturated carbocycles. The van der Waals surface area contributed by atoms with Gasteiger partial charge >= 0.3 is 18.1 Å². The van der Waals surface area contributed by atoms with Crippen molar-refractivity contribution in [1.82, 2.24) is 0 Å². The largest absolute Gasteiger partial charge is 0.494 e. The Morgan fingerprint density at radius 1 is 0.897 bits per heavy atom. The Balaban J connectivity index is 1.52. The van der Waals surface area contributed by atoms with E-state index in [1.165, 1.54) is 24.3 Å². The molecule has 0 bridgehead atoms. The van der Waals surface area contributed by atoms with Crippen LogP contribution < -0.4 is 20.9 Å². The fraction of sp³-hybridized carbons (Fsp3) is 0.241. The summed E-state index contributed by atoms with van der Waals surface area (Å²) in [5, 5.41) is 9.60. The van der Waals surface area contributed by atoms with E-state index >= 15 is 0 Å². The van der Waals surface area contributed by atoms with Gasteiger partial charge in [-0.3, -0.25) is 0 Å². The van der Waals surface area contributed by atoms with Crippen LogP contribution in [0.25, 0.3) is 6.08 Å². The van der Waals surface area contributed by atoms with Crippen LogP contribution in [0.5, 0.6) is 11.5 Å². The second-order valence-electron chi connectivity index (χ2n) is 8.84. The topological polar surface area (TPSA) is 125 Å². The van der Waals surface area contributed by atoms with Gasteiger partial charge in [0.25, 0.3) is 0 Å². The standard InChI is InChI=1S/C29H29F3N2O5/c30-29(31,32)15-2-16-38-24-13-8-21(9-14-24)28(37)39-25-11-5-19(6-12-25)17-22(27(35)36)4-1-3-20-7-10-23(33)18-26(20)34/h5-14,17-18H,1-4,15-16,33-34H2,(H,35,36)/b22-17+. The Labute approximate surface area is 223 Å². The Hall–Kier alpha value is -4.47. The number of halogens is 3. The van der Waals surface area contributed by atoms with E-state index < -0.39 is 24.5 Å². The van der Waals surface area contributed by atoms with Crippen molar-refractivity contribution in [2.24, 2.45) is 0 Å². The first-order valence-electron chi connectivity index (χ1n) is 12.2. The van der Waals surface area contributed by atoms with Crippen LogP contribution >= 0.6 is 0 Å². The van der Waals surface area contributed by atoms with Gasteiger partial charge in [0, 0.05) is 23.4 Å². The summed E-state index contributed by atoms with van der Waals surface area (Å²) < 4.78 is 47.2. The van der Waals surface area contributed by atoms with E-state index in [0.717, 1.165) is 5.56 Å². The molecule has 3 aromatic carbocycles. The van der Waals surface area contributed by atoms with E-state index in [4.69, 9.17) is 20.9 Å². The summed E-state index contributed by atoms with van der Waals surface area (Å²) in [5.74, 6) is -1.05. The Bertz CT molecular complexity index is 1300. The SMILES string of the molecule is Nc1ccc(CCC/C(=C\c2ccc(OC(=O)c3ccc(OCCCC(F)(F)F)cc3)cc2)C(=O)O)c(N)c1. The molecule has 3 rings (SSSR count). The molecule has 10 heteroatoms. The lowest BCUT2D eigenvalue weighted by Crippen LogP contribution is -2.10. The first-order valence-corrected chi connectivity index (χ1v) is 12.2. The molecule has 0 amide bonds. The third-order valence-corrected chi connectivity index (χ3v) is 5.73. The predicted molar refractivity (Wildman–Crippen MR) is 142 cm³/mol. The van der Waals surface area contributed by atoms with Crippen molar-refractivity contribution in [2.45, 2.75) is 38.3 Å². The first-order chi connectivity index (χ1) is 18.5. The number of rotatable bonds is 12.